The first kappa shape index (κ1) is 8.49. The molecule has 1 aromatic rings. The van der Waals surface area contributed by atoms with Gasteiger partial charge in [0.25, 0.3) is 0 Å². The molecule has 1 aromatic carbocycles. The highest BCUT2D eigenvalue weighted by Gasteiger charge is 2.21. The lowest BCUT2D eigenvalue weighted by atomic mass is 10.3. The minimum atomic E-state index is -3.20. The Kier molecular flexibility index (Phi) is 1.76. The van der Waals surface area contributed by atoms with Gasteiger partial charge in [-0.25, -0.2) is 4.39 Å². The maximum atomic E-state index is 12.7. The van der Waals surface area contributed by atoms with Crippen molar-refractivity contribution in [2.45, 2.75) is 4.90 Å². The second-order valence-electron chi connectivity index (χ2n) is 2.54. The minimum absolute atomic E-state index is 0.0926. The van der Waals surface area contributed by atoms with Crippen LogP contribution in [0.15, 0.2) is 27.5 Å². The van der Waals surface area contributed by atoms with Crippen molar-refractivity contribution in [2.24, 2.45) is 4.40 Å². The Morgan fingerprint density at radius 2 is 2.15 bits per heavy atom. The van der Waals surface area contributed by atoms with Crippen LogP contribution in [0.3, 0.4) is 0 Å². The lowest BCUT2D eigenvalue weighted by Gasteiger charge is -2.31. The molecule has 0 bridgehead atoms. The lowest BCUT2D eigenvalue weighted by molar-refractivity contribution is 0.488. The Bertz CT molecular complexity index is 381. The summed E-state index contributed by atoms with van der Waals surface area (Å²) in [5.41, 5.74) is 0.469. The molecule has 0 aliphatic carbocycles. The fourth-order valence-electron chi connectivity index (χ4n) is 1.07. The predicted octanol–water partition coefficient (Wildman–Crippen LogP) is 2.30. The van der Waals surface area contributed by atoms with E-state index in [1.807, 2.05) is 0 Å². The molecule has 0 saturated carbocycles. The molecule has 2 rings (SSSR count). The standard InChI is InChI=1S/C7H7FN2O2S/c8-5-1-2-6-7(3-5)13(11,12)10-4-9-6/h1-4,11-12H,(H,9,10). The van der Waals surface area contributed by atoms with Crippen LogP contribution in [0.5, 0.6) is 0 Å². The van der Waals surface area contributed by atoms with Gasteiger partial charge >= 0.3 is 0 Å². The van der Waals surface area contributed by atoms with Crippen molar-refractivity contribution in [2.75, 3.05) is 5.32 Å². The largest absolute Gasteiger partial charge is 0.343 e. The summed E-state index contributed by atoms with van der Waals surface area (Å²) in [6.45, 7) is 0. The van der Waals surface area contributed by atoms with Crippen LogP contribution in [0.2, 0.25) is 0 Å². The molecular formula is C7H7FN2O2S. The van der Waals surface area contributed by atoms with E-state index in [0.29, 0.717) is 5.69 Å². The Morgan fingerprint density at radius 1 is 1.38 bits per heavy atom. The van der Waals surface area contributed by atoms with Gasteiger partial charge in [-0.05, 0) is 12.1 Å². The van der Waals surface area contributed by atoms with E-state index >= 15 is 0 Å². The fraction of sp³-hybridized carbons (Fsp3) is 0. The number of anilines is 1. The van der Waals surface area contributed by atoms with Crippen LogP contribution in [0, 0.1) is 5.82 Å². The van der Waals surface area contributed by atoms with E-state index in [1.54, 1.807) is 0 Å². The third kappa shape index (κ3) is 1.39. The highest BCUT2D eigenvalue weighted by Crippen LogP contribution is 2.54. The summed E-state index contributed by atoms with van der Waals surface area (Å²) in [5, 5.41) is 2.69. The number of hydrogen-bond donors (Lipinski definition) is 3. The number of fused-ring (bicyclic) bond motifs is 1. The summed E-state index contributed by atoms with van der Waals surface area (Å²) in [4.78, 5) is 0.0926. The van der Waals surface area contributed by atoms with Crippen molar-refractivity contribution in [3.8, 4) is 0 Å². The molecule has 0 radical (unpaired) electrons. The first-order valence-corrected chi connectivity index (χ1v) is 4.98. The molecule has 0 aromatic heterocycles. The van der Waals surface area contributed by atoms with Gasteiger partial charge in [0.2, 0.25) is 0 Å². The van der Waals surface area contributed by atoms with Gasteiger partial charge in [-0.3, -0.25) is 9.11 Å². The molecule has 6 heteroatoms. The minimum Gasteiger partial charge on any atom is -0.343 e. The van der Waals surface area contributed by atoms with Crippen LogP contribution < -0.4 is 5.32 Å². The molecule has 0 spiro atoms. The Balaban J connectivity index is 2.60. The topological polar surface area (TPSA) is 64.8 Å². The SMILES string of the molecule is OS1(O)N=CNc2ccc(F)cc21. The smallest absolute Gasteiger partial charge is 0.125 e. The number of benzene rings is 1. The first-order valence-electron chi connectivity index (χ1n) is 3.48. The van der Waals surface area contributed by atoms with E-state index in [1.165, 1.54) is 18.5 Å². The number of nitrogens with one attached hydrogen (secondary N) is 1. The van der Waals surface area contributed by atoms with Crippen molar-refractivity contribution < 1.29 is 13.5 Å². The highest BCUT2D eigenvalue weighted by atomic mass is 32.3. The number of rotatable bonds is 0. The van der Waals surface area contributed by atoms with E-state index in [2.05, 4.69) is 9.71 Å². The van der Waals surface area contributed by atoms with Crippen LogP contribution >= 0.6 is 10.8 Å². The van der Waals surface area contributed by atoms with Gasteiger partial charge in [-0.2, -0.15) is 0 Å². The molecule has 0 atom stereocenters. The summed E-state index contributed by atoms with van der Waals surface area (Å²) in [6, 6.07) is 3.73. The van der Waals surface area contributed by atoms with Crippen LogP contribution in [0.25, 0.3) is 0 Å². The molecule has 0 unspecified atom stereocenters. The summed E-state index contributed by atoms with van der Waals surface area (Å²) in [5.74, 6) is -0.516. The van der Waals surface area contributed by atoms with E-state index in [0.717, 1.165) is 6.07 Å². The fourth-order valence-corrected chi connectivity index (χ4v) is 2.07. The Hall–Kier alpha value is -1.11. The second kappa shape index (κ2) is 2.69. The van der Waals surface area contributed by atoms with Gasteiger partial charge in [0, 0.05) is 6.07 Å². The zero-order valence-electron chi connectivity index (χ0n) is 6.44. The summed E-state index contributed by atoms with van der Waals surface area (Å²) >= 11 is 0. The lowest BCUT2D eigenvalue weighted by Crippen LogP contribution is -2.09. The molecule has 70 valence electrons. The van der Waals surface area contributed by atoms with Crippen molar-refractivity contribution in [3.63, 3.8) is 0 Å². The maximum absolute atomic E-state index is 12.7. The summed E-state index contributed by atoms with van der Waals surface area (Å²) in [7, 11) is -3.20. The molecule has 0 saturated heterocycles. The van der Waals surface area contributed by atoms with Gasteiger partial charge in [-0.1, -0.05) is 10.8 Å². The monoisotopic (exact) mass is 202 g/mol. The molecule has 1 aliphatic heterocycles. The molecule has 0 amide bonds. The van der Waals surface area contributed by atoms with Crippen molar-refractivity contribution in [1.82, 2.24) is 0 Å². The van der Waals surface area contributed by atoms with E-state index in [-0.39, 0.29) is 4.90 Å². The normalized spacial score (nSPS) is 20.2. The van der Waals surface area contributed by atoms with Gasteiger partial charge < -0.3 is 5.32 Å². The number of nitrogens with zero attached hydrogens (tertiary/aromatic N) is 1. The van der Waals surface area contributed by atoms with E-state index < -0.39 is 16.6 Å². The Morgan fingerprint density at radius 3 is 2.92 bits per heavy atom. The number of halogens is 1. The van der Waals surface area contributed by atoms with Crippen molar-refractivity contribution in [3.05, 3.63) is 24.0 Å². The predicted molar refractivity (Wildman–Crippen MR) is 49.6 cm³/mol. The first-order chi connectivity index (χ1) is 6.09. The average molecular weight is 202 g/mol. The van der Waals surface area contributed by atoms with Gasteiger partial charge in [0.1, 0.15) is 17.1 Å². The molecule has 1 aliphatic rings. The Labute approximate surface area is 75.6 Å². The summed E-state index contributed by atoms with van der Waals surface area (Å²) < 4.78 is 35.0. The zero-order valence-corrected chi connectivity index (χ0v) is 7.25. The van der Waals surface area contributed by atoms with Crippen LogP contribution in [0.4, 0.5) is 10.1 Å². The molecule has 1 heterocycles. The molecule has 13 heavy (non-hydrogen) atoms. The van der Waals surface area contributed by atoms with Gasteiger partial charge in [-0.15, -0.1) is 4.40 Å². The molecule has 4 nitrogen and oxygen atoms in total. The van der Waals surface area contributed by atoms with Crippen LogP contribution in [-0.2, 0) is 0 Å². The van der Waals surface area contributed by atoms with Crippen LogP contribution in [0.1, 0.15) is 0 Å². The highest BCUT2D eigenvalue weighted by molar-refractivity contribution is 8.23. The average Bonchev–Trinajstić information content (AvgIpc) is 2.06. The van der Waals surface area contributed by atoms with Crippen molar-refractivity contribution in [1.29, 1.82) is 0 Å². The van der Waals surface area contributed by atoms with Gasteiger partial charge in [0.05, 0.1) is 5.69 Å². The van der Waals surface area contributed by atoms with E-state index in [9.17, 15) is 13.5 Å². The molecule has 0 fully saturated rings. The number of hydrogen-bond acceptors (Lipinski definition) is 4. The maximum Gasteiger partial charge on any atom is 0.125 e. The summed E-state index contributed by atoms with van der Waals surface area (Å²) in [6.07, 6.45) is 1.19. The van der Waals surface area contributed by atoms with E-state index in [4.69, 9.17) is 0 Å². The van der Waals surface area contributed by atoms with Crippen molar-refractivity contribution >= 4 is 22.8 Å². The third-order valence-corrected chi connectivity index (χ3v) is 2.99. The third-order valence-electron chi connectivity index (χ3n) is 1.66. The molecular weight excluding hydrogens is 195 g/mol. The van der Waals surface area contributed by atoms with Crippen LogP contribution in [-0.4, -0.2) is 15.4 Å². The van der Waals surface area contributed by atoms with Gasteiger partial charge in [0.15, 0.2) is 0 Å². The molecule has 3 N–H and O–H groups in total. The quantitative estimate of drug-likeness (QED) is 0.604. The second-order valence-corrected chi connectivity index (χ2v) is 4.23. The zero-order chi connectivity index (χ0) is 9.47.